The molecule has 2 fully saturated rings. The Hall–Kier alpha value is -2.06. The van der Waals surface area contributed by atoms with Gasteiger partial charge < -0.3 is 9.47 Å². The summed E-state index contributed by atoms with van der Waals surface area (Å²) in [5, 5.41) is 8.98. The molecular weight excluding hydrogens is 292 g/mol. The lowest BCUT2D eigenvalue weighted by molar-refractivity contribution is 0.139. The minimum absolute atomic E-state index is 0.00395. The molecule has 23 heavy (non-hydrogen) atoms. The van der Waals surface area contributed by atoms with Gasteiger partial charge in [-0.3, -0.25) is 4.90 Å². The highest BCUT2D eigenvalue weighted by Gasteiger charge is 2.54. The maximum Gasteiger partial charge on any atom is 0.412 e. The maximum absolute atomic E-state index is 12.1. The van der Waals surface area contributed by atoms with E-state index >= 15 is 0 Å². The van der Waals surface area contributed by atoms with Crippen LogP contribution in [0.2, 0.25) is 0 Å². The van der Waals surface area contributed by atoms with Crippen LogP contribution in [0, 0.1) is 17.2 Å². The minimum Gasteiger partial charge on any atom is -0.447 e. The summed E-state index contributed by atoms with van der Waals surface area (Å²) in [4.78, 5) is 13.8. The smallest absolute Gasteiger partial charge is 0.412 e. The van der Waals surface area contributed by atoms with Crippen LogP contribution in [0.15, 0.2) is 30.3 Å². The Bertz CT molecular complexity index is 584. The lowest BCUT2D eigenvalue weighted by atomic mass is 9.95. The van der Waals surface area contributed by atoms with Gasteiger partial charge in [-0.1, -0.05) is 43.7 Å². The normalized spacial score (nSPS) is 27.4. The predicted molar refractivity (Wildman–Crippen MR) is 84.4 cm³/mol. The number of cyclic esters (lactones) is 1. The number of nitrogens with zero attached hydrogens (tertiary/aromatic N) is 2. The molecule has 2 unspecified atom stereocenters. The Morgan fingerprint density at radius 3 is 2.87 bits per heavy atom. The van der Waals surface area contributed by atoms with E-state index in [0.29, 0.717) is 13.0 Å². The van der Waals surface area contributed by atoms with Gasteiger partial charge in [0, 0.05) is 12.3 Å². The molecule has 1 aromatic rings. The molecule has 122 valence electrons. The molecule has 1 aromatic carbocycles. The molecule has 0 aromatic heterocycles. The van der Waals surface area contributed by atoms with Crippen molar-refractivity contribution in [1.29, 1.82) is 5.26 Å². The average molecular weight is 314 g/mol. The highest BCUT2D eigenvalue weighted by atomic mass is 16.6. The van der Waals surface area contributed by atoms with Crippen LogP contribution in [-0.4, -0.2) is 36.0 Å². The lowest BCUT2D eigenvalue weighted by Crippen LogP contribution is -2.39. The first-order chi connectivity index (χ1) is 11.2. The summed E-state index contributed by atoms with van der Waals surface area (Å²) in [6, 6.07) is 12.3. The zero-order chi connectivity index (χ0) is 16.2. The second-order valence-corrected chi connectivity index (χ2v) is 6.23. The van der Waals surface area contributed by atoms with Crippen molar-refractivity contribution in [3.05, 3.63) is 35.9 Å². The SMILES string of the molecule is CCC[C@H](CC#N)C1OC1N1C(=O)OC[C@@H]1Cc1ccccc1. The Balaban J connectivity index is 1.66. The Labute approximate surface area is 136 Å². The van der Waals surface area contributed by atoms with Gasteiger partial charge in [-0.25, -0.2) is 4.79 Å². The Morgan fingerprint density at radius 2 is 2.17 bits per heavy atom. The lowest BCUT2D eigenvalue weighted by Gasteiger charge is -2.20. The first kappa shape index (κ1) is 15.8. The van der Waals surface area contributed by atoms with E-state index in [1.807, 2.05) is 18.2 Å². The van der Waals surface area contributed by atoms with Crippen LogP contribution in [0.4, 0.5) is 4.79 Å². The number of amides is 1. The van der Waals surface area contributed by atoms with E-state index in [2.05, 4.69) is 25.1 Å². The van der Waals surface area contributed by atoms with Crippen molar-refractivity contribution in [3.63, 3.8) is 0 Å². The van der Waals surface area contributed by atoms with E-state index in [0.717, 1.165) is 19.3 Å². The standard InChI is InChI=1S/C18H22N2O3/c1-2-6-14(9-10-19)16-17(23-16)20-15(12-22-18(20)21)11-13-7-4-3-5-8-13/h3-5,7-8,14-17H,2,6,9,11-12H2,1H3/t14-,15+,16?,17?/m1/s1. The molecule has 2 heterocycles. The fourth-order valence-corrected chi connectivity index (χ4v) is 3.38. The maximum atomic E-state index is 12.1. The largest absolute Gasteiger partial charge is 0.447 e. The molecular formula is C18H22N2O3. The zero-order valence-electron chi connectivity index (χ0n) is 13.4. The number of carbonyl (C=O) groups excluding carboxylic acids is 1. The van der Waals surface area contributed by atoms with Crippen LogP contribution in [0.3, 0.4) is 0 Å². The van der Waals surface area contributed by atoms with E-state index in [9.17, 15) is 4.79 Å². The summed E-state index contributed by atoms with van der Waals surface area (Å²) in [6.07, 6.45) is 2.63. The number of carbonyl (C=O) groups is 1. The van der Waals surface area contributed by atoms with Crippen LogP contribution >= 0.6 is 0 Å². The zero-order valence-corrected chi connectivity index (χ0v) is 13.4. The van der Waals surface area contributed by atoms with E-state index < -0.39 is 0 Å². The van der Waals surface area contributed by atoms with Crippen LogP contribution in [0.5, 0.6) is 0 Å². The fraction of sp³-hybridized carbons (Fsp3) is 0.556. The van der Waals surface area contributed by atoms with Gasteiger partial charge in [0.1, 0.15) is 12.7 Å². The van der Waals surface area contributed by atoms with Crippen LogP contribution in [-0.2, 0) is 15.9 Å². The third kappa shape index (κ3) is 3.48. The van der Waals surface area contributed by atoms with Crippen LogP contribution < -0.4 is 0 Å². The molecule has 0 radical (unpaired) electrons. The average Bonchev–Trinajstić information content (AvgIpc) is 3.26. The molecule has 0 saturated carbocycles. The second kappa shape index (κ2) is 7.01. The third-order valence-corrected chi connectivity index (χ3v) is 4.57. The van der Waals surface area contributed by atoms with Crippen molar-refractivity contribution in [1.82, 2.24) is 4.90 Å². The molecule has 5 heteroatoms. The number of hydrogen-bond donors (Lipinski definition) is 0. The summed E-state index contributed by atoms with van der Waals surface area (Å²) in [5.41, 5.74) is 1.18. The topological polar surface area (TPSA) is 65.9 Å². The van der Waals surface area contributed by atoms with Crippen LogP contribution in [0.1, 0.15) is 31.7 Å². The van der Waals surface area contributed by atoms with Gasteiger partial charge in [0.15, 0.2) is 6.23 Å². The van der Waals surface area contributed by atoms with E-state index in [1.165, 1.54) is 5.56 Å². The van der Waals surface area contributed by atoms with Gasteiger partial charge in [0.05, 0.1) is 12.1 Å². The summed E-state index contributed by atoms with van der Waals surface area (Å²) in [5.74, 6) is 0.195. The highest BCUT2D eigenvalue weighted by molar-refractivity contribution is 5.71. The number of rotatable bonds is 7. The molecule has 1 amide bonds. The summed E-state index contributed by atoms with van der Waals surface area (Å²) < 4.78 is 11.0. The predicted octanol–water partition coefficient (Wildman–Crippen LogP) is 3.10. The van der Waals surface area contributed by atoms with Gasteiger partial charge >= 0.3 is 6.09 Å². The number of hydrogen-bond acceptors (Lipinski definition) is 4. The molecule has 2 aliphatic rings. The first-order valence-corrected chi connectivity index (χ1v) is 8.26. The summed E-state index contributed by atoms with van der Waals surface area (Å²) >= 11 is 0. The number of ether oxygens (including phenoxy) is 2. The first-order valence-electron chi connectivity index (χ1n) is 8.26. The van der Waals surface area contributed by atoms with Gasteiger partial charge in [-0.2, -0.15) is 5.26 Å². The van der Waals surface area contributed by atoms with E-state index in [1.54, 1.807) is 4.90 Å². The van der Waals surface area contributed by atoms with Gasteiger partial charge in [0.25, 0.3) is 0 Å². The molecule has 0 N–H and O–H groups in total. The molecule has 3 rings (SSSR count). The molecule has 2 aliphatic heterocycles. The highest BCUT2D eigenvalue weighted by Crippen LogP contribution is 2.39. The number of nitriles is 1. The fourth-order valence-electron chi connectivity index (χ4n) is 3.38. The second-order valence-electron chi connectivity index (χ2n) is 6.23. The molecule has 4 atom stereocenters. The van der Waals surface area contributed by atoms with Gasteiger partial charge in [0.2, 0.25) is 0 Å². The van der Waals surface area contributed by atoms with Crippen molar-refractivity contribution in [2.75, 3.05) is 6.61 Å². The van der Waals surface area contributed by atoms with Crippen molar-refractivity contribution in [3.8, 4) is 6.07 Å². The molecule has 0 bridgehead atoms. The van der Waals surface area contributed by atoms with Gasteiger partial charge in [-0.15, -0.1) is 0 Å². The minimum atomic E-state index is -0.300. The third-order valence-electron chi connectivity index (χ3n) is 4.57. The Kier molecular flexibility index (Phi) is 4.82. The Morgan fingerprint density at radius 1 is 1.39 bits per heavy atom. The summed E-state index contributed by atoms with van der Waals surface area (Å²) in [7, 11) is 0. The quantitative estimate of drug-likeness (QED) is 0.725. The number of epoxide rings is 1. The van der Waals surface area contributed by atoms with Crippen molar-refractivity contribution in [2.24, 2.45) is 5.92 Å². The molecule has 0 spiro atoms. The number of benzene rings is 1. The van der Waals surface area contributed by atoms with Crippen molar-refractivity contribution < 1.29 is 14.3 Å². The van der Waals surface area contributed by atoms with E-state index in [4.69, 9.17) is 14.7 Å². The van der Waals surface area contributed by atoms with Crippen molar-refractivity contribution >= 4 is 6.09 Å². The van der Waals surface area contributed by atoms with E-state index in [-0.39, 0.29) is 30.4 Å². The van der Waals surface area contributed by atoms with Gasteiger partial charge in [-0.05, 0) is 18.4 Å². The van der Waals surface area contributed by atoms with Crippen LogP contribution in [0.25, 0.3) is 0 Å². The summed E-state index contributed by atoms with van der Waals surface area (Å²) in [6.45, 7) is 2.50. The van der Waals surface area contributed by atoms with Crippen molar-refractivity contribution in [2.45, 2.75) is 51.0 Å². The molecule has 5 nitrogen and oxygen atoms in total. The monoisotopic (exact) mass is 314 g/mol. The molecule has 0 aliphatic carbocycles. The molecule has 2 saturated heterocycles.